The number of benzene rings is 3. The minimum Gasteiger partial charge on any atom is -0.490 e. The summed E-state index contributed by atoms with van der Waals surface area (Å²) in [5, 5.41) is 0. The fourth-order valence-corrected chi connectivity index (χ4v) is 5.14. The Bertz CT molecular complexity index is 1230. The van der Waals surface area contributed by atoms with Gasteiger partial charge < -0.3 is 9.47 Å². The van der Waals surface area contributed by atoms with Gasteiger partial charge in [0.05, 0.1) is 12.7 Å². The van der Waals surface area contributed by atoms with E-state index in [0.29, 0.717) is 42.6 Å². The molecule has 0 saturated heterocycles. The predicted molar refractivity (Wildman–Crippen MR) is 142 cm³/mol. The normalized spacial score (nSPS) is 17.4. The first-order valence-electron chi connectivity index (χ1n) is 13.3. The Kier molecular flexibility index (Phi) is 9.62. The standard InChI is InChI=1S/C32H34F4O2/c1-3-5-20-38-28-19-18-27(31(35)32(28)36)22-9-6-21(7-10-22)8-11-24-14-17-26(30(34)29(24)33)23-12-15-25(16-13-23)37-4-2/h3,6-7,9-10,14,17-19,23,25H,1,4-5,8,11-13,15-16,20H2,2H3. The van der Waals surface area contributed by atoms with Crippen LogP contribution in [0.2, 0.25) is 0 Å². The van der Waals surface area contributed by atoms with Gasteiger partial charge >= 0.3 is 0 Å². The number of ether oxygens (including phenoxy) is 2. The maximum atomic E-state index is 15.0. The molecule has 0 amide bonds. The average molecular weight is 527 g/mol. The zero-order valence-electron chi connectivity index (χ0n) is 21.8. The van der Waals surface area contributed by atoms with E-state index in [0.717, 1.165) is 31.2 Å². The van der Waals surface area contributed by atoms with Gasteiger partial charge in [-0.3, -0.25) is 0 Å². The van der Waals surface area contributed by atoms with Gasteiger partial charge in [-0.2, -0.15) is 4.39 Å². The molecular formula is C32H34F4O2. The van der Waals surface area contributed by atoms with Gasteiger partial charge in [0.25, 0.3) is 0 Å². The molecule has 1 aliphatic rings. The van der Waals surface area contributed by atoms with Crippen molar-refractivity contribution in [3.05, 3.63) is 101 Å². The highest BCUT2D eigenvalue weighted by Crippen LogP contribution is 2.36. The molecule has 6 heteroatoms. The van der Waals surface area contributed by atoms with Gasteiger partial charge in [0.2, 0.25) is 5.82 Å². The molecule has 0 N–H and O–H groups in total. The minimum atomic E-state index is -1.03. The fraction of sp³-hybridized carbons (Fsp3) is 0.375. The summed E-state index contributed by atoms with van der Waals surface area (Å²) in [6, 6.07) is 13.3. The van der Waals surface area contributed by atoms with Gasteiger partial charge in [-0.25, -0.2) is 13.2 Å². The Morgan fingerprint density at radius 2 is 1.55 bits per heavy atom. The van der Waals surface area contributed by atoms with Crippen molar-refractivity contribution >= 4 is 0 Å². The third kappa shape index (κ3) is 6.47. The quantitative estimate of drug-likeness (QED) is 0.141. The highest BCUT2D eigenvalue weighted by Gasteiger charge is 2.26. The monoisotopic (exact) mass is 526 g/mol. The molecule has 4 rings (SSSR count). The van der Waals surface area contributed by atoms with E-state index in [9.17, 15) is 17.6 Å². The van der Waals surface area contributed by atoms with Gasteiger partial charge in [0.1, 0.15) is 0 Å². The van der Waals surface area contributed by atoms with E-state index >= 15 is 0 Å². The van der Waals surface area contributed by atoms with E-state index < -0.39 is 23.3 Å². The number of rotatable bonds is 11. The lowest BCUT2D eigenvalue weighted by Crippen LogP contribution is -2.21. The van der Waals surface area contributed by atoms with Crippen molar-refractivity contribution in [3.63, 3.8) is 0 Å². The summed E-state index contributed by atoms with van der Waals surface area (Å²) >= 11 is 0. The smallest absolute Gasteiger partial charge is 0.201 e. The van der Waals surface area contributed by atoms with Crippen LogP contribution in [-0.2, 0) is 17.6 Å². The lowest BCUT2D eigenvalue weighted by molar-refractivity contribution is 0.0325. The first-order chi connectivity index (χ1) is 18.4. The molecule has 3 aromatic rings. The molecular weight excluding hydrogens is 492 g/mol. The summed E-state index contributed by atoms with van der Waals surface area (Å²) in [6.45, 7) is 6.43. The Labute approximate surface area is 222 Å². The SMILES string of the molecule is C=CCCOc1ccc(-c2ccc(CCc3ccc(C4CCC(OCC)CC4)c(F)c3F)cc2)c(F)c1F. The molecule has 1 aliphatic carbocycles. The summed E-state index contributed by atoms with van der Waals surface area (Å²) < 4.78 is 69.9. The zero-order chi connectivity index (χ0) is 27.1. The number of hydrogen-bond acceptors (Lipinski definition) is 2. The Morgan fingerprint density at radius 1 is 0.816 bits per heavy atom. The van der Waals surface area contributed by atoms with Crippen molar-refractivity contribution in [2.75, 3.05) is 13.2 Å². The predicted octanol–water partition coefficient (Wildman–Crippen LogP) is 8.71. The van der Waals surface area contributed by atoms with Crippen LogP contribution in [0.4, 0.5) is 17.6 Å². The topological polar surface area (TPSA) is 18.5 Å². The van der Waals surface area contributed by atoms with Crippen LogP contribution in [0.15, 0.2) is 61.2 Å². The zero-order valence-corrected chi connectivity index (χ0v) is 21.8. The average Bonchev–Trinajstić information content (AvgIpc) is 2.93. The van der Waals surface area contributed by atoms with E-state index in [2.05, 4.69) is 6.58 Å². The number of halogens is 4. The molecule has 0 radical (unpaired) electrons. The van der Waals surface area contributed by atoms with Crippen molar-refractivity contribution in [2.24, 2.45) is 0 Å². The molecule has 38 heavy (non-hydrogen) atoms. The Balaban J connectivity index is 1.39. The van der Waals surface area contributed by atoms with Crippen LogP contribution in [0, 0.1) is 23.3 Å². The second-order valence-corrected chi connectivity index (χ2v) is 9.73. The molecule has 0 unspecified atom stereocenters. The van der Waals surface area contributed by atoms with E-state index in [4.69, 9.17) is 9.47 Å². The molecule has 0 bridgehead atoms. The lowest BCUT2D eigenvalue weighted by Gasteiger charge is -2.29. The second-order valence-electron chi connectivity index (χ2n) is 9.73. The minimum absolute atomic E-state index is 0.0146. The van der Waals surface area contributed by atoms with E-state index in [-0.39, 0.29) is 29.9 Å². The van der Waals surface area contributed by atoms with E-state index in [1.807, 2.05) is 6.92 Å². The van der Waals surface area contributed by atoms with E-state index in [1.54, 1.807) is 42.5 Å². The van der Waals surface area contributed by atoms with Crippen molar-refractivity contribution in [3.8, 4) is 16.9 Å². The third-order valence-electron chi connectivity index (χ3n) is 7.28. The summed E-state index contributed by atoms with van der Waals surface area (Å²) in [4.78, 5) is 0. The summed E-state index contributed by atoms with van der Waals surface area (Å²) in [5.74, 6) is -3.65. The van der Waals surface area contributed by atoms with Gasteiger partial charge in [0, 0.05) is 12.2 Å². The highest BCUT2D eigenvalue weighted by atomic mass is 19.2. The molecule has 0 spiro atoms. The van der Waals surface area contributed by atoms with Crippen molar-refractivity contribution < 1.29 is 27.0 Å². The molecule has 2 nitrogen and oxygen atoms in total. The molecule has 3 aromatic carbocycles. The molecule has 0 atom stereocenters. The van der Waals surface area contributed by atoms with Crippen molar-refractivity contribution in [1.82, 2.24) is 0 Å². The van der Waals surface area contributed by atoms with Crippen LogP contribution in [0.3, 0.4) is 0 Å². The summed E-state index contributed by atoms with van der Waals surface area (Å²) in [6.07, 6.45) is 6.52. The largest absolute Gasteiger partial charge is 0.490 e. The summed E-state index contributed by atoms with van der Waals surface area (Å²) in [5.41, 5.74) is 2.32. The van der Waals surface area contributed by atoms with Crippen LogP contribution in [-0.4, -0.2) is 19.3 Å². The number of aryl methyl sites for hydroxylation is 2. The van der Waals surface area contributed by atoms with Crippen LogP contribution in [0.5, 0.6) is 5.75 Å². The third-order valence-corrected chi connectivity index (χ3v) is 7.28. The highest BCUT2D eigenvalue weighted by molar-refractivity contribution is 5.65. The van der Waals surface area contributed by atoms with Gasteiger partial charge in [-0.1, -0.05) is 42.5 Å². The van der Waals surface area contributed by atoms with Gasteiger partial charge in [-0.15, -0.1) is 6.58 Å². The first kappa shape index (κ1) is 27.9. The Morgan fingerprint density at radius 3 is 2.24 bits per heavy atom. The molecule has 0 aromatic heterocycles. The second kappa shape index (κ2) is 13.1. The van der Waals surface area contributed by atoms with Crippen molar-refractivity contribution in [2.45, 2.75) is 63.9 Å². The van der Waals surface area contributed by atoms with Crippen LogP contribution >= 0.6 is 0 Å². The molecule has 1 saturated carbocycles. The summed E-state index contributed by atoms with van der Waals surface area (Å²) in [7, 11) is 0. The van der Waals surface area contributed by atoms with Gasteiger partial charge in [0.15, 0.2) is 23.2 Å². The Hall–Kier alpha value is -3.12. The lowest BCUT2D eigenvalue weighted by atomic mass is 9.82. The van der Waals surface area contributed by atoms with Crippen molar-refractivity contribution in [1.29, 1.82) is 0 Å². The molecule has 0 heterocycles. The van der Waals surface area contributed by atoms with Gasteiger partial charge in [-0.05, 0) is 92.2 Å². The van der Waals surface area contributed by atoms with Crippen LogP contribution < -0.4 is 4.74 Å². The maximum absolute atomic E-state index is 15.0. The molecule has 202 valence electrons. The molecule has 1 fully saturated rings. The maximum Gasteiger partial charge on any atom is 0.201 e. The molecule has 0 aliphatic heterocycles. The van der Waals surface area contributed by atoms with E-state index in [1.165, 1.54) is 12.1 Å². The first-order valence-corrected chi connectivity index (χ1v) is 13.3. The number of hydrogen-bond donors (Lipinski definition) is 0. The fourth-order valence-electron chi connectivity index (χ4n) is 5.14. The van der Waals surface area contributed by atoms with Crippen LogP contribution in [0.25, 0.3) is 11.1 Å². The van der Waals surface area contributed by atoms with Crippen LogP contribution in [0.1, 0.15) is 61.6 Å².